The fourth-order valence-corrected chi connectivity index (χ4v) is 3.45. The predicted octanol–water partition coefficient (Wildman–Crippen LogP) is 2.75. The van der Waals surface area contributed by atoms with Crippen LogP contribution >= 0.6 is 0 Å². The van der Waals surface area contributed by atoms with E-state index in [0.29, 0.717) is 16.5 Å². The Hall–Kier alpha value is -2.41. The van der Waals surface area contributed by atoms with Crippen molar-refractivity contribution in [3.05, 3.63) is 40.1 Å². The molecule has 1 aliphatic carbocycles. The van der Waals surface area contributed by atoms with Crippen molar-refractivity contribution in [2.75, 3.05) is 6.61 Å². The number of carbonyl (C=O) groups is 1. The first-order valence-corrected chi connectivity index (χ1v) is 8.27. The van der Waals surface area contributed by atoms with E-state index in [0.717, 1.165) is 32.1 Å². The third-order valence-corrected chi connectivity index (χ3v) is 4.83. The van der Waals surface area contributed by atoms with Gasteiger partial charge >= 0.3 is 0 Å². The zero-order valence-corrected chi connectivity index (χ0v) is 13.3. The number of nitrogens with zero attached hydrogens (tertiary/aromatic N) is 1. The molecule has 1 aromatic heterocycles. The summed E-state index contributed by atoms with van der Waals surface area (Å²) >= 11 is 0. The highest BCUT2D eigenvalue weighted by molar-refractivity contribution is 6.07. The van der Waals surface area contributed by atoms with Gasteiger partial charge in [0.2, 0.25) is 0 Å². The van der Waals surface area contributed by atoms with Crippen LogP contribution in [0.2, 0.25) is 0 Å². The number of aliphatic hydroxyl groups is 1. The largest absolute Gasteiger partial charge is 0.396 e. The van der Waals surface area contributed by atoms with Gasteiger partial charge in [-0.2, -0.15) is 0 Å². The molecule has 1 aromatic carbocycles. The second kappa shape index (κ2) is 7.00. The average Bonchev–Trinajstić information content (AvgIpc) is 2.87. The van der Waals surface area contributed by atoms with E-state index in [1.54, 1.807) is 12.3 Å². The van der Waals surface area contributed by atoms with Gasteiger partial charge in [0.15, 0.2) is 0 Å². The molecule has 3 rings (SSSR count). The molecule has 1 saturated carbocycles. The van der Waals surface area contributed by atoms with Gasteiger partial charge in [0, 0.05) is 47.8 Å². The first-order chi connectivity index (χ1) is 11.6. The van der Waals surface area contributed by atoms with Crippen molar-refractivity contribution >= 4 is 22.5 Å². The number of aromatic amines is 1. The van der Waals surface area contributed by atoms with Gasteiger partial charge in [-0.1, -0.05) is 19.3 Å². The van der Waals surface area contributed by atoms with Gasteiger partial charge in [0.25, 0.3) is 11.6 Å². The van der Waals surface area contributed by atoms with Crippen molar-refractivity contribution in [3.63, 3.8) is 0 Å². The molecule has 2 atom stereocenters. The molecule has 0 saturated heterocycles. The third kappa shape index (κ3) is 3.26. The molecular weight excluding hydrogens is 310 g/mol. The number of carbonyl (C=O) groups excluding carboxylic acids is 1. The number of nitro groups is 1. The molecule has 24 heavy (non-hydrogen) atoms. The van der Waals surface area contributed by atoms with Gasteiger partial charge in [-0.25, -0.2) is 0 Å². The van der Waals surface area contributed by atoms with Crippen LogP contribution in [-0.2, 0) is 0 Å². The standard InChI is InChI=1S/C17H21N3O4/c21-10-11-4-2-1-3-5-15(11)19-17(22)14-9-18-16-7-6-12(20(23)24)8-13(14)16/h6-9,11,15,18,21H,1-5,10H2,(H,19,22). The highest BCUT2D eigenvalue weighted by atomic mass is 16.6. The lowest BCUT2D eigenvalue weighted by molar-refractivity contribution is -0.384. The fraction of sp³-hybridized carbons (Fsp3) is 0.471. The first-order valence-electron chi connectivity index (χ1n) is 8.27. The monoisotopic (exact) mass is 331 g/mol. The van der Waals surface area contributed by atoms with E-state index >= 15 is 0 Å². The summed E-state index contributed by atoms with van der Waals surface area (Å²) in [4.78, 5) is 26.1. The smallest absolute Gasteiger partial charge is 0.270 e. The van der Waals surface area contributed by atoms with E-state index in [2.05, 4.69) is 10.3 Å². The van der Waals surface area contributed by atoms with E-state index in [1.807, 2.05) is 0 Å². The molecule has 0 aliphatic heterocycles. The number of amides is 1. The van der Waals surface area contributed by atoms with E-state index in [-0.39, 0.29) is 30.2 Å². The lowest BCUT2D eigenvalue weighted by Crippen LogP contribution is -2.41. The van der Waals surface area contributed by atoms with E-state index in [1.165, 1.54) is 12.1 Å². The molecule has 1 aliphatic rings. The summed E-state index contributed by atoms with van der Waals surface area (Å²) in [6, 6.07) is 4.37. The van der Waals surface area contributed by atoms with E-state index in [9.17, 15) is 20.0 Å². The second-order valence-corrected chi connectivity index (χ2v) is 6.35. The van der Waals surface area contributed by atoms with Gasteiger partial charge in [-0.15, -0.1) is 0 Å². The van der Waals surface area contributed by atoms with Gasteiger partial charge in [0.1, 0.15) is 0 Å². The molecule has 0 radical (unpaired) electrons. The van der Waals surface area contributed by atoms with Gasteiger partial charge in [-0.3, -0.25) is 14.9 Å². The highest BCUT2D eigenvalue weighted by Gasteiger charge is 2.26. The van der Waals surface area contributed by atoms with Crippen LogP contribution in [0.15, 0.2) is 24.4 Å². The van der Waals surface area contributed by atoms with Gasteiger partial charge in [-0.05, 0) is 18.9 Å². The fourth-order valence-electron chi connectivity index (χ4n) is 3.45. The van der Waals surface area contributed by atoms with Crippen molar-refractivity contribution in [2.45, 2.75) is 38.1 Å². The zero-order chi connectivity index (χ0) is 17.1. The first kappa shape index (κ1) is 16.4. The van der Waals surface area contributed by atoms with Gasteiger partial charge < -0.3 is 15.4 Å². The number of nitrogens with one attached hydrogen (secondary N) is 2. The number of benzene rings is 1. The number of H-pyrrole nitrogens is 1. The molecule has 7 heteroatoms. The summed E-state index contributed by atoms with van der Waals surface area (Å²) in [7, 11) is 0. The van der Waals surface area contributed by atoms with E-state index in [4.69, 9.17) is 0 Å². The molecule has 3 N–H and O–H groups in total. The lowest BCUT2D eigenvalue weighted by atomic mass is 9.95. The van der Waals surface area contributed by atoms with Crippen molar-refractivity contribution < 1.29 is 14.8 Å². The molecule has 1 fully saturated rings. The number of aliphatic hydroxyl groups excluding tert-OH is 1. The molecule has 0 bridgehead atoms. The topological polar surface area (TPSA) is 108 Å². The Balaban J connectivity index is 1.85. The zero-order valence-electron chi connectivity index (χ0n) is 13.3. The summed E-state index contributed by atoms with van der Waals surface area (Å²) in [6.45, 7) is 0.0598. The predicted molar refractivity (Wildman–Crippen MR) is 89.9 cm³/mol. The Morgan fingerprint density at radius 3 is 2.88 bits per heavy atom. The van der Waals surface area contributed by atoms with Crippen LogP contribution < -0.4 is 5.32 Å². The summed E-state index contributed by atoms with van der Waals surface area (Å²) in [5, 5.41) is 24.1. The average molecular weight is 331 g/mol. The van der Waals surface area contributed by atoms with Gasteiger partial charge in [0.05, 0.1) is 10.5 Å². The van der Waals surface area contributed by atoms with Crippen molar-refractivity contribution in [2.24, 2.45) is 5.92 Å². The minimum atomic E-state index is -0.471. The number of rotatable bonds is 4. The Morgan fingerprint density at radius 2 is 2.12 bits per heavy atom. The van der Waals surface area contributed by atoms with Crippen molar-refractivity contribution in [1.82, 2.24) is 10.3 Å². The highest BCUT2D eigenvalue weighted by Crippen LogP contribution is 2.26. The minimum Gasteiger partial charge on any atom is -0.396 e. The molecule has 0 spiro atoms. The third-order valence-electron chi connectivity index (χ3n) is 4.83. The normalized spacial score (nSPS) is 21.4. The molecule has 2 aromatic rings. The molecule has 128 valence electrons. The number of hydrogen-bond donors (Lipinski definition) is 3. The quantitative estimate of drug-likeness (QED) is 0.455. The van der Waals surface area contributed by atoms with Crippen LogP contribution in [0, 0.1) is 16.0 Å². The summed E-state index contributed by atoms with van der Waals surface area (Å²) in [6.07, 6.45) is 6.54. The lowest BCUT2D eigenvalue weighted by Gasteiger charge is -2.24. The number of fused-ring (bicyclic) bond motifs is 1. The molecule has 1 amide bonds. The Morgan fingerprint density at radius 1 is 1.33 bits per heavy atom. The summed E-state index contributed by atoms with van der Waals surface area (Å²) in [5.41, 5.74) is 1.04. The second-order valence-electron chi connectivity index (χ2n) is 6.35. The van der Waals surface area contributed by atoms with Crippen molar-refractivity contribution in [1.29, 1.82) is 0 Å². The van der Waals surface area contributed by atoms with Crippen LogP contribution in [0.25, 0.3) is 10.9 Å². The Labute approximate surface area is 139 Å². The molecule has 7 nitrogen and oxygen atoms in total. The summed E-state index contributed by atoms with van der Waals surface area (Å²) < 4.78 is 0. The molecule has 1 heterocycles. The Bertz CT molecular complexity index is 755. The number of nitro benzene ring substituents is 1. The van der Waals surface area contributed by atoms with Crippen LogP contribution in [0.3, 0.4) is 0 Å². The number of hydrogen-bond acceptors (Lipinski definition) is 4. The van der Waals surface area contributed by atoms with E-state index < -0.39 is 4.92 Å². The molecular formula is C17H21N3O4. The Kier molecular flexibility index (Phi) is 4.80. The maximum Gasteiger partial charge on any atom is 0.270 e. The number of non-ortho nitro benzene ring substituents is 1. The SMILES string of the molecule is O=C(NC1CCCCCC1CO)c1c[nH]c2ccc([N+](=O)[O-])cc12. The minimum absolute atomic E-state index is 0.0427. The van der Waals surface area contributed by atoms with Crippen LogP contribution in [0.1, 0.15) is 42.5 Å². The maximum atomic E-state index is 12.7. The summed E-state index contributed by atoms with van der Waals surface area (Å²) in [5.74, 6) is -0.192. The number of aromatic nitrogens is 1. The maximum absolute atomic E-state index is 12.7. The van der Waals surface area contributed by atoms with Crippen molar-refractivity contribution in [3.8, 4) is 0 Å². The van der Waals surface area contributed by atoms with Crippen LogP contribution in [0.5, 0.6) is 0 Å². The molecule has 2 unspecified atom stereocenters. The van der Waals surface area contributed by atoms with Crippen LogP contribution in [-0.4, -0.2) is 33.6 Å². The van der Waals surface area contributed by atoms with Crippen LogP contribution in [0.4, 0.5) is 5.69 Å².